The van der Waals surface area contributed by atoms with E-state index < -0.39 is 26.7 Å². The van der Waals surface area contributed by atoms with E-state index in [1.165, 1.54) is 22.7 Å². The van der Waals surface area contributed by atoms with E-state index in [1.54, 1.807) is 6.92 Å². The van der Waals surface area contributed by atoms with Crippen LogP contribution in [0.4, 0.5) is 13.2 Å². The van der Waals surface area contributed by atoms with Crippen LogP contribution in [0.5, 0.6) is 0 Å². The lowest BCUT2D eigenvalue weighted by molar-refractivity contribution is -0.137. The van der Waals surface area contributed by atoms with Gasteiger partial charge in [0.25, 0.3) is 0 Å². The lowest BCUT2D eigenvalue weighted by Crippen LogP contribution is -2.23. The molecule has 2 heterocycles. The lowest BCUT2D eigenvalue weighted by atomic mass is 10.2. The van der Waals surface area contributed by atoms with E-state index in [2.05, 4.69) is 9.71 Å². The Hall–Kier alpha value is -1.75. The second-order valence-electron chi connectivity index (χ2n) is 5.36. The number of halogens is 3. The zero-order chi connectivity index (χ0) is 18.9. The fraction of sp³-hybridized carbons (Fsp3) is 0.188. The second-order valence-corrected chi connectivity index (χ2v) is 9.15. The molecule has 3 aromatic rings. The third-order valence-electron chi connectivity index (χ3n) is 3.52. The summed E-state index contributed by atoms with van der Waals surface area (Å²) in [4.78, 5) is 5.68. The van der Waals surface area contributed by atoms with Crippen molar-refractivity contribution in [1.29, 1.82) is 0 Å². The zero-order valence-electron chi connectivity index (χ0n) is 13.4. The minimum atomic E-state index is -4.60. The molecule has 0 radical (unpaired) electrons. The van der Waals surface area contributed by atoms with Crippen LogP contribution < -0.4 is 4.72 Å². The Morgan fingerprint density at radius 2 is 1.96 bits per heavy atom. The number of rotatable bonds is 5. The summed E-state index contributed by atoms with van der Waals surface area (Å²) >= 11 is 2.88. The molecule has 0 unspecified atom stereocenters. The standard InChI is InChI=1S/C16H13F3N2O2S3/c1-10-14(25-15(21-10)13-6-3-7-24-13)9-20-26(22,23)12-5-2-4-11(8-12)16(17,18)19/h2-8,20H,9H2,1H3. The largest absolute Gasteiger partial charge is 0.416 e. The predicted molar refractivity (Wildman–Crippen MR) is 95.6 cm³/mol. The molecule has 0 amide bonds. The minimum Gasteiger partial charge on any atom is -0.240 e. The van der Waals surface area contributed by atoms with Gasteiger partial charge in [-0.2, -0.15) is 13.2 Å². The topological polar surface area (TPSA) is 59.1 Å². The lowest BCUT2D eigenvalue weighted by Gasteiger charge is -2.10. The molecule has 3 rings (SSSR count). The van der Waals surface area contributed by atoms with Gasteiger partial charge in [-0.25, -0.2) is 18.1 Å². The van der Waals surface area contributed by atoms with Gasteiger partial charge in [-0.05, 0) is 36.6 Å². The molecule has 2 aromatic heterocycles. The Morgan fingerprint density at radius 1 is 1.19 bits per heavy atom. The molecular formula is C16H13F3N2O2S3. The van der Waals surface area contributed by atoms with Crippen LogP contribution in [0.25, 0.3) is 9.88 Å². The monoisotopic (exact) mass is 418 g/mol. The van der Waals surface area contributed by atoms with Gasteiger partial charge < -0.3 is 0 Å². The summed E-state index contributed by atoms with van der Waals surface area (Å²) in [5.74, 6) is 0. The number of sulfonamides is 1. The SMILES string of the molecule is Cc1nc(-c2cccs2)sc1CNS(=O)(=O)c1cccc(C(F)(F)F)c1. The highest BCUT2D eigenvalue weighted by Crippen LogP contribution is 2.32. The van der Waals surface area contributed by atoms with E-state index in [4.69, 9.17) is 0 Å². The summed E-state index contributed by atoms with van der Waals surface area (Å²) in [7, 11) is -4.07. The van der Waals surface area contributed by atoms with Crippen molar-refractivity contribution in [2.75, 3.05) is 0 Å². The van der Waals surface area contributed by atoms with Crippen LogP contribution >= 0.6 is 22.7 Å². The van der Waals surface area contributed by atoms with Crippen LogP contribution in [0.15, 0.2) is 46.7 Å². The van der Waals surface area contributed by atoms with E-state index in [1.807, 2.05) is 17.5 Å². The number of hydrogen-bond donors (Lipinski definition) is 1. The summed E-state index contributed by atoms with van der Waals surface area (Å²) < 4.78 is 65.4. The van der Waals surface area contributed by atoms with E-state index in [9.17, 15) is 21.6 Å². The van der Waals surface area contributed by atoms with Gasteiger partial charge in [-0.1, -0.05) is 12.1 Å². The molecule has 1 aromatic carbocycles. The van der Waals surface area contributed by atoms with Crippen LogP contribution in [-0.2, 0) is 22.7 Å². The fourth-order valence-electron chi connectivity index (χ4n) is 2.18. The molecule has 0 saturated carbocycles. The number of alkyl halides is 3. The van der Waals surface area contributed by atoms with Gasteiger partial charge in [-0.3, -0.25) is 0 Å². The number of nitrogens with one attached hydrogen (secondary N) is 1. The van der Waals surface area contributed by atoms with Crippen molar-refractivity contribution < 1.29 is 21.6 Å². The van der Waals surface area contributed by atoms with Crippen LogP contribution in [0.3, 0.4) is 0 Å². The van der Waals surface area contributed by atoms with Crippen molar-refractivity contribution in [1.82, 2.24) is 9.71 Å². The molecule has 0 aliphatic heterocycles. The third kappa shape index (κ3) is 4.14. The van der Waals surface area contributed by atoms with E-state index in [0.717, 1.165) is 28.1 Å². The zero-order valence-corrected chi connectivity index (χ0v) is 15.8. The molecular weight excluding hydrogens is 405 g/mol. The first kappa shape index (κ1) is 19.0. The fourth-order valence-corrected chi connectivity index (χ4v) is 5.11. The Labute approximate surface area is 156 Å². The molecule has 0 bridgehead atoms. The van der Waals surface area contributed by atoms with Gasteiger partial charge in [0.2, 0.25) is 10.0 Å². The van der Waals surface area contributed by atoms with Crippen molar-refractivity contribution in [3.05, 3.63) is 57.9 Å². The van der Waals surface area contributed by atoms with Gasteiger partial charge in [0, 0.05) is 11.4 Å². The summed E-state index contributed by atoms with van der Waals surface area (Å²) in [5.41, 5.74) is -0.320. The number of nitrogens with zero attached hydrogens (tertiary/aromatic N) is 1. The Kier molecular flexibility index (Phi) is 5.20. The van der Waals surface area contributed by atoms with Gasteiger partial charge in [-0.15, -0.1) is 22.7 Å². The molecule has 0 aliphatic rings. The van der Waals surface area contributed by atoms with Crippen molar-refractivity contribution in [2.24, 2.45) is 0 Å². The number of thiophene rings is 1. The number of thiazole rings is 1. The summed E-state index contributed by atoms with van der Waals surface area (Å²) in [5, 5.41) is 2.70. The Balaban J connectivity index is 1.79. The average molecular weight is 418 g/mol. The predicted octanol–water partition coefficient (Wildman–Crippen LogP) is 4.68. The van der Waals surface area contributed by atoms with E-state index in [0.29, 0.717) is 16.6 Å². The molecule has 138 valence electrons. The number of benzene rings is 1. The van der Waals surface area contributed by atoms with Crippen LogP contribution in [0.1, 0.15) is 16.1 Å². The average Bonchev–Trinajstić information content (AvgIpc) is 3.22. The molecule has 0 fully saturated rings. The molecule has 0 saturated heterocycles. The van der Waals surface area contributed by atoms with Crippen LogP contribution in [-0.4, -0.2) is 13.4 Å². The number of aromatic nitrogens is 1. The molecule has 10 heteroatoms. The summed E-state index contributed by atoms with van der Waals surface area (Å²) in [6.45, 7) is 1.73. The van der Waals surface area contributed by atoms with E-state index >= 15 is 0 Å². The minimum absolute atomic E-state index is 0.0343. The normalized spacial score (nSPS) is 12.5. The van der Waals surface area contributed by atoms with Crippen molar-refractivity contribution in [3.8, 4) is 9.88 Å². The second kappa shape index (κ2) is 7.10. The first-order chi connectivity index (χ1) is 12.2. The number of aryl methyl sites for hydroxylation is 1. The molecule has 0 aliphatic carbocycles. The Morgan fingerprint density at radius 3 is 2.62 bits per heavy atom. The maximum absolute atomic E-state index is 12.8. The van der Waals surface area contributed by atoms with Crippen molar-refractivity contribution in [2.45, 2.75) is 24.5 Å². The molecule has 4 nitrogen and oxygen atoms in total. The highest BCUT2D eigenvalue weighted by molar-refractivity contribution is 7.89. The van der Waals surface area contributed by atoms with Gasteiger partial charge >= 0.3 is 6.18 Å². The first-order valence-electron chi connectivity index (χ1n) is 7.34. The summed E-state index contributed by atoms with van der Waals surface area (Å²) in [6, 6.07) is 7.48. The third-order valence-corrected chi connectivity index (χ3v) is 7.11. The molecule has 0 atom stereocenters. The Bertz CT molecular complexity index is 1010. The maximum atomic E-state index is 12.8. The van der Waals surface area contributed by atoms with Crippen molar-refractivity contribution in [3.63, 3.8) is 0 Å². The quantitative estimate of drug-likeness (QED) is 0.655. The highest BCUT2D eigenvalue weighted by atomic mass is 32.2. The highest BCUT2D eigenvalue weighted by Gasteiger charge is 2.31. The van der Waals surface area contributed by atoms with Gasteiger partial charge in [0.15, 0.2) is 0 Å². The van der Waals surface area contributed by atoms with Crippen molar-refractivity contribution >= 4 is 32.7 Å². The van der Waals surface area contributed by atoms with Crippen LogP contribution in [0, 0.1) is 6.92 Å². The van der Waals surface area contributed by atoms with Gasteiger partial charge in [0.1, 0.15) is 5.01 Å². The maximum Gasteiger partial charge on any atom is 0.416 e. The smallest absolute Gasteiger partial charge is 0.240 e. The molecule has 26 heavy (non-hydrogen) atoms. The molecule has 0 spiro atoms. The first-order valence-corrected chi connectivity index (χ1v) is 10.5. The summed E-state index contributed by atoms with van der Waals surface area (Å²) in [6.07, 6.45) is -4.60. The molecule has 1 N–H and O–H groups in total. The van der Waals surface area contributed by atoms with E-state index in [-0.39, 0.29) is 6.54 Å². The van der Waals surface area contributed by atoms with Crippen LogP contribution in [0.2, 0.25) is 0 Å². The van der Waals surface area contributed by atoms with Gasteiger partial charge in [0.05, 0.1) is 21.0 Å². The number of hydrogen-bond acceptors (Lipinski definition) is 5.